The Labute approximate surface area is 215 Å². The van der Waals surface area contributed by atoms with E-state index >= 15 is 0 Å². The van der Waals surface area contributed by atoms with E-state index in [9.17, 15) is 0 Å². The molecule has 0 spiro atoms. The minimum absolute atomic E-state index is 0.858. The second-order valence-electron chi connectivity index (χ2n) is 8.89. The molecule has 0 bridgehead atoms. The van der Waals surface area contributed by atoms with Gasteiger partial charge in [-0.25, -0.2) is 0 Å². The fourth-order valence-electron chi connectivity index (χ4n) is 4.39. The molecule has 5 rings (SSSR count). The molecule has 0 atom stereocenters. The van der Waals surface area contributed by atoms with Crippen molar-refractivity contribution in [1.82, 2.24) is 0 Å². The Balaban J connectivity index is 1.53. The van der Waals surface area contributed by atoms with E-state index in [2.05, 4.69) is 145 Å². The normalized spacial score (nSPS) is 14.7. The lowest BCUT2D eigenvalue weighted by molar-refractivity contribution is 1.19. The summed E-state index contributed by atoms with van der Waals surface area (Å²) in [4.78, 5) is 0. The first kappa shape index (κ1) is 23.2. The third-order valence-electron chi connectivity index (χ3n) is 6.42. The van der Waals surface area contributed by atoms with E-state index in [0.717, 1.165) is 47.9 Å². The average molecular weight is 461 g/mol. The summed E-state index contributed by atoms with van der Waals surface area (Å²) in [5, 5.41) is 0. The van der Waals surface area contributed by atoms with Crippen LogP contribution in [0.2, 0.25) is 0 Å². The Morgan fingerprint density at radius 3 is 0.778 bits per heavy atom. The summed E-state index contributed by atoms with van der Waals surface area (Å²) in [7, 11) is 0. The molecule has 0 heteroatoms. The second-order valence-corrected chi connectivity index (χ2v) is 8.89. The van der Waals surface area contributed by atoms with Gasteiger partial charge in [0.1, 0.15) is 0 Å². The van der Waals surface area contributed by atoms with E-state index in [4.69, 9.17) is 0 Å². The van der Waals surface area contributed by atoms with Crippen LogP contribution in [-0.2, 0) is 25.7 Å². The van der Waals surface area contributed by atoms with Crippen LogP contribution in [0.4, 0.5) is 0 Å². The monoisotopic (exact) mass is 460 g/mol. The molecule has 0 heterocycles. The zero-order valence-corrected chi connectivity index (χ0v) is 20.4. The molecule has 0 aromatic heterocycles. The number of rotatable bonds is 0. The molecule has 0 saturated heterocycles. The number of hydrogen-bond acceptors (Lipinski definition) is 0. The Bertz CT molecular complexity index is 1310. The van der Waals surface area contributed by atoms with Crippen LogP contribution in [0.5, 0.6) is 0 Å². The molecule has 0 fully saturated rings. The van der Waals surface area contributed by atoms with Crippen LogP contribution in [-0.4, -0.2) is 0 Å². The molecule has 4 aromatic rings. The van der Waals surface area contributed by atoms with E-state index in [-0.39, 0.29) is 0 Å². The number of hydrogen-bond donors (Lipinski definition) is 0. The fourth-order valence-corrected chi connectivity index (χ4v) is 4.39. The number of fused-ring (bicyclic) bond motifs is 4. The molecule has 172 valence electrons. The zero-order valence-electron chi connectivity index (χ0n) is 20.4. The minimum Gasteiger partial charge on any atom is -0.0838 e. The predicted molar refractivity (Wildman–Crippen MR) is 151 cm³/mol. The van der Waals surface area contributed by atoms with Crippen molar-refractivity contribution in [2.24, 2.45) is 0 Å². The smallest absolute Gasteiger partial charge is 0.0284 e. The highest BCUT2D eigenvalue weighted by Gasteiger charge is 2.02. The van der Waals surface area contributed by atoms with Crippen LogP contribution >= 0.6 is 0 Å². The van der Waals surface area contributed by atoms with Crippen LogP contribution < -0.4 is 0 Å². The van der Waals surface area contributed by atoms with Crippen molar-refractivity contribution in [3.63, 3.8) is 0 Å². The fraction of sp³-hybridized carbons (Fsp3) is 0.111. The van der Waals surface area contributed by atoms with Crippen molar-refractivity contribution >= 4 is 0 Å². The van der Waals surface area contributed by atoms with Crippen LogP contribution in [0.1, 0.15) is 44.5 Å². The topological polar surface area (TPSA) is 0 Å². The maximum Gasteiger partial charge on any atom is 0.0284 e. The van der Waals surface area contributed by atoms with Gasteiger partial charge in [-0.3, -0.25) is 0 Å². The summed E-state index contributed by atoms with van der Waals surface area (Å²) in [6.45, 7) is 0. The standard InChI is InChI=1S/C36H28/c1-2-14-30-18-6-10-22-34(30)27-28-36-24-12-8-20-32(36)16-4-3-15-31-19-7-11-23-35(31)26-25-33-21-9-5-17-29(33)13-1/h1-12,17-24H,13-16H2/b2-1+,4-3+. The molecule has 0 N–H and O–H groups in total. The van der Waals surface area contributed by atoms with Crippen molar-refractivity contribution in [3.8, 4) is 23.7 Å². The Morgan fingerprint density at radius 1 is 0.306 bits per heavy atom. The van der Waals surface area contributed by atoms with Crippen molar-refractivity contribution in [2.75, 3.05) is 0 Å². The lowest BCUT2D eigenvalue weighted by Crippen LogP contribution is -1.92. The Morgan fingerprint density at radius 2 is 0.528 bits per heavy atom. The molecule has 1 aliphatic carbocycles. The molecule has 0 amide bonds. The van der Waals surface area contributed by atoms with Crippen LogP contribution in [0.25, 0.3) is 0 Å². The number of allylic oxidation sites excluding steroid dienone is 4. The van der Waals surface area contributed by atoms with Crippen LogP contribution in [0, 0.1) is 23.7 Å². The summed E-state index contributed by atoms with van der Waals surface area (Å²) in [5.41, 5.74) is 9.34. The third kappa shape index (κ3) is 5.93. The largest absolute Gasteiger partial charge is 0.0838 e. The van der Waals surface area contributed by atoms with Gasteiger partial charge < -0.3 is 0 Å². The quantitative estimate of drug-likeness (QED) is 0.188. The highest BCUT2D eigenvalue weighted by molar-refractivity contribution is 5.51. The summed E-state index contributed by atoms with van der Waals surface area (Å²) in [6.07, 6.45) is 12.4. The summed E-state index contributed by atoms with van der Waals surface area (Å²) >= 11 is 0. The van der Waals surface area contributed by atoms with Gasteiger partial charge in [0.05, 0.1) is 0 Å². The average Bonchev–Trinajstić information content (AvgIpc) is 2.93. The van der Waals surface area contributed by atoms with Crippen molar-refractivity contribution in [1.29, 1.82) is 0 Å². The minimum atomic E-state index is 0.858. The first-order valence-corrected chi connectivity index (χ1v) is 12.5. The molecular weight excluding hydrogens is 432 g/mol. The molecule has 4 aromatic carbocycles. The van der Waals surface area contributed by atoms with E-state index in [1.165, 1.54) is 22.3 Å². The van der Waals surface area contributed by atoms with Crippen molar-refractivity contribution in [3.05, 3.63) is 166 Å². The third-order valence-corrected chi connectivity index (χ3v) is 6.42. The van der Waals surface area contributed by atoms with Crippen LogP contribution in [0.3, 0.4) is 0 Å². The van der Waals surface area contributed by atoms with Gasteiger partial charge in [0, 0.05) is 22.3 Å². The summed E-state index contributed by atoms with van der Waals surface area (Å²) in [5.74, 6) is 13.8. The zero-order chi connectivity index (χ0) is 24.4. The SMILES string of the molecule is C1#Cc2ccccc2C/C=C/Cc2ccccc2C#Cc2ccccc2C/C=C/Cc2ccccc21. The Hall–Kier alpha value is -4.52. The highest BCUT2D eigenvalue weighted by Crippen LogP contribution is 2.15. The first-order valence-electron chi connectivity index (χ1n) is 12.5. The molecule has 0 aliphatic heterocycles. The van der Waals surface area contributed by atoms with Gasteiger partial charge in [-0.2, -0.15) is 0 Å². The second kappa shape index (κ2) is 11.8. The lowest BCUT2D eigenvalue weighted by Gasteiger charge is -2.05. The molecule has 36 heavy (non-hydrogen) atoms. The number of benzene rings is 4. The van der Waals surface area contributed by atoms with E-state index < -0.39 is 0 Å². The predicted octanol–water partition coefficient (Wildman–Crippen LogP) is 7.48. The summed E-state index contributed by atoms with van der Waals surface area (Å²) in [6, 6.07) is 33.8. The maximum atomic E-state index is 3.44. The molecule has 1 aliphatic rings. The molecule has 0 unspecified atom stereocenters. The van der Waals surface area contributed by atoms with Gasteiger partial charge in [-0.1, -0.05) is 121 Å². The van der Waals surface area contributed by atoms with Gasteiger partial charge >= 0.3 is 0 Å². The van der Waals surface area contributed by atoms with E-state index in [0.29, 0.717) is 0 Å². The van der Waals surface area contributed by atoms with Crippen molar-refractivity contribution in [2.45, 2.75) is 25.7 Å². The Kier molecular flexibility index (Phi) is 7.58. The molecule has 0 nitrogen and oxygen atoms in total. The lowest BCUT2D eigenvalue weighted by atomic mass is 9.99. The van der Waals surface area contributed by atoms with E-state index in [1.54, 1.807) is 0 Å². The van der Waals surface area contributed by atoms with E-state index in [1.807, 2.05) is 0 Å². The van der Waals surface area contributed by atoms with Crippen LogP contribution in [0.15, 0.2) is 121 Å². The first-order chi connectivity index (χ1) is 17.9. The van der Waals surface area contributed by atoms with Gasteiger partial charge in [0.25, 0.3) is 0 Å². The van der Waals surface area contributed by atoms with Gasteiger partial charge in [-0.05, 0) is 72.2 Å². The maximum absolute atomic E-state index is 3.44. The van der Waals surface area contributed by atoms with Gasteiger partial charge in [0.2, 0.25) is 0 Å². The van der Waals surface area contributed by atoms with Gasteiger partial charge in [-0.15, -0.1) is 0 Å². The highest BCUT2D eigenvalue weighted by atomic mass is 14.1. The summed E-state index contributed by atoms with van der Waals surface area (Å²) < 4.78 is 0. The molecular formula is C36H28. The molecule has 0 saturated carbocycles. The van der Waals surface area contributed by atoms with Crippen molar-refractivity contribution < 1.29 is 0 Å². The van der Waals surface area contributed by atoms with Gasteiger partial charge in [0.15, 0.2) is 0 Å². The molecule has 0 radical (unpaired) electrons.